The molecule has 2 heterocycles. The van der Waals surface area contributed by atoms with Crippen LogP contribution in [0.25, 0.3) is 10.2 Å². The van der Waals surface area contributed by atoms with E-state index in [1.807, 2.05) is 5.38 Å². The zero-order valence-corrected chi connectivity index (χ0v) is 12.3. The highest BCUT2D eigenvalue weighted by Gasteiger charge is 2.15. The molecule has 0 saturated carbocycles. The third kappa shape index (κ3) is 2.23. The molecule has 0 atom stereocenters. The Morgan fingerprint density at radius 1 is 1.30 bits per heavy atom. The highest BCUT2D eigenvalue weighted by atomic mass is 79.9. The fourth-order valence-electron chi connectivity index (χ4n) is 1.78. The third-order valence-corrected chi connectivity index (χ3v) is 4.55. The van der Waals surface area contributed by atoms with Crippen LogP contribution >= 0.6 is 27.3 Å². The number of aromatic nitrogens is 2. The van der Waals surface area contributed by atoms with Crippen LogP contribution in [-0.2, 0) is 0 Å². The molecule has 100 valence electrons. The molecule has 20 heavy (non-hydrogen) atoms. The van der Waals surface area contributed by atoms with Crippen molar-refractivity contribution in [2.45, 2.75) is 0 Å². The lowest BCUT2D eigenvalue weighted by atomic mass is 10.2. The lowest BCUT2D eigenvalue weighted by Crippen LogP contribution is -1.98. The van der Waals surface area contributed by atoms with Gasteiger partial charge in [-0.2, -0.15) is 0 Å². The number of halogens is 1. The predicted octanol–water partition coefficient (Wildman–Crippen LogP) is 4.11. The first kappa shape index (κ1) is 12.9. The topological polar surface area (TPSA) is 81.0 Å². The Hall–Kier alpha value is -2.06. The average Bonchev–Trinajstić information content (AvgIpc) is 2.82. The van der Waals surface area contributed by atoms with Crippen LogP contribution in [0.3, 0.4) is 0 Å². The third-order valence-electron chi connectivity index (χ3n) is 2.66. The first-order valence-corrected chi connectivity index (χ1v) is 7.22. The Morgan fingerprint density at radius 2 is 2.10 bits per heavy atom. The zero-order chi connectivity index (χ0) is 14.1. The average molecular weight is 351 g/mol. The number of hydrogen-bond acceptors (Lipinski definition) is 6. The molecule has 1 aromatic carbocycles. The lowest BCUT2D eigenvalue weighted by molar-refractivity contribution is -0.383. The summed E-state index contributed by atoms with van der Waals surface area (Å²) in [5.74, 6) is 0.556. The number of nitrogens with one attached hydrogen (secondary N) is 1. The van der Waals surface area contributed by atoms with Gasteiger partial charge in [0.1, 0.15) is 17.5 Å². The highest BCUT2D eigenvalue weighted by Crippen LogP contribution is 2.35. The Kier molecular flexibility index (Phi) is 3.33. The number of rotatable bonds is 3. The molecule has 0 aliphatic carbocycles. The molecule has 1 N–H and O–H groups in total. The van der Waals surface area contributed by atoms with Crippen molar-refractivity contribution in [3.05, 3.63) is 50.6 Å². The van der Waals surface area contributed by atoms with Crippen molar-refractivity contribution in [1.82, 2.24) is 9.97 Å². The van der Waals surface area contributed by atoms with E-state index < -0.39 is 4.92 Å². The van der Waals surface area contributed by atoms with Gasteiger partial charge >= 0.3 is 0 Å². The largest absolute Gasteiger partial charge is 0.333 e. The maximum Gasteiger partial charge on any atom is 0.292 e. The maximum atomic E-state index is 11.0. The summed E-state index contributed by atoms with van der Waals surface area (Å²) in [6.07, 6.45) is 1.43. The van der Waals surface area contributed by atoms with Crippen molar-refractivity contribution in [3.63, 3.8) is 0 Å². The minimum Gasteiger partial charge on any atom is -0.333 e. The number of nitro groups is 1. The standard InChI is InChI=1S/C12H7BrN4O2S/c13-7-5-20-11-10(7)14-6-15-12(11)16-8-3-1-2-4-9(8)17(18)19/h1-6H,(H,14,15,16). The van der Waals surface area contributed by atoms with Crippen molar-refractivity contribution < 1.29 is 4.92 Å². The maximum absolute atomic E-state index is 11.0. The van der Waals surface area contributed by atoms with Gasteiger partial charge in [-0.05, 0) is 22.0 Å². The first-order chi connectivity index (χ1) is 9.66. The highest BCUT2D eigenvalue weighted by molar-refractivity contribution is 9.10. The normalized spacial score (nSPS) is 10.7. The molecule has 0 saturated heterocycles. The van der Waals surface area contributed by atoms with Crippen LogP contribution < -0.4 is 5.32 Å². The Morgan fingerprint density at radius 3 is 2.90 bits per heavy atom. The monoisotopic (exact) mass is 350 g/mol. The van der Waals surface area contributed by atoms with E-state index >= 15 is 0 Å². The van der Waals surface area contributed by atoms with Gasteiger partial charge in [-0.1, -0.05) is 12.1 Å². The predicted molar refractivity (Wildman–Crippen MR) is 81.5 cm³/mol. The summed E-state index contributed by atoms with van der Waals surface area (Å²) in [4.78, 5) is 18.9. The number of fused-ring (bicyclic) bond motifs is 1. The molecule has 0 aliphatic rings. The van der Waals surface area contributed by atoms with Gasteiger partial charge in [-0.15, -0.1) is 11.3 Å². The smallest absolute Gasteiger partial charge is 0.292 e. The second-order valence-corrected chi connectivity index (χ2v) is 5.62. The van der Waals surface area contributed by atoms with Gasteiger partial charge in [0.2, 0.25) is 0 Å². The van der Waals surface area contributed by atoms with E-state index in [0.29, 0.717) is 11.5 Å². The van der Waals surface area contributed by atoms with Gasteiger partial charge in [0.05, 0.1) is 14.1 Å². The molecule has 0 spiro atoms. The van der Waals surface area contributed by atoms with Crippen molar-refractivity contribution >= 4 is 54.7 Å². The molecule has 0 radical (unpaired) electrons. The van der Waals surface area contributed by atoms with E-state index in [1.165, 1.54) is 23.7 Å². The SMILES string of the molecule is O=[N+]([O-])c1ccccc1Nc1ncnc2c(Br)csc12. The van der Waals surface area contributed by atoms with Crippen molar-refractivity contribution in [1.29, 1.82) is 0 Å². The molecule has 0 aliphatic heterocycles. The van der Waals surface area contributed by atoms with Crippen LogP contribution in [0, 0.1) is 10.1 Å². The lowest BCUT2D eigenvalue weighted by Gasteiger charge is -2.06. The molecule has 0 bridgehead atoms. The second kappa shape index (κ2) is 5.14. The van der Waals surface area contributed by atoms with E-state index in [9.17, 15) is 10.1 Å². The quantitative estimate of drug-likeness (QED) is 0.567. The van der Waals surface area contributed by atoms with Crippen LogP contribution in [-0.4, -0.2) is 14.9 Å². The molecule has 8 heteroatoms. The van der Waals surface area contributed by atoms with Gasteiger partial charge in [0.15, 0.2) is 5.82 Å². The molecule has 3 aromatic rings. The fraction of sp³-hybridized carbons (Fsp3) is 0. The number of nitro benzene ring substituents is 1. The summed E-state index contributed by atoms with van der Waals surface area (Å²) >= 11 is 4.88. The molecule has 6 nitrogen and oxygen atoms in total. The molecule has 2 aromatic heterocycles. The van der Waals surface area contributed by atoms with Crippen LogP contribution in [0.4, 0.5) is 17.2 Å². The van der Waals surface area contributed by atoms with E-state index in [2.05, 4.69) is 31.2 Å². The first-order valence-electron chi connectivity index (χ1n) is 5.55. The summed E-state index contributed by atoms with van der Waals surface area (Å²) in [7, 11) is 0. The molecular weight excluding hydrogens is 344 g/mol. The number of hydrogen-bond donors (Lipinski definition) is 1. The molecule has 0 unspecified atom stereocenters. The van der Waals surface area contributed by atoms with Gasteiger partial charge in [0.25, 0.3) is 5.69 Å². The van der Waals surface area contributed by atoms with Crippen molar-refractivity contribution in [2.75, 3.05) is 5.32 Å². The van der Waals surface area contributed by atoms with Gasteiger partial charge < -0.3 is 5.32 Å². The second-order valence-electron chi connectivity index (χ2n) is 3.88. The minimum absolute atomic E-state index is 0.00915. The minimum atomic E-state index is -0.426. The van der Waals surface area contributed by atoms with Crippen LogP contribution in [0.15, 0.2) is 40.4 Å². The Balaban J connectivity index is 2.08. The van der Waals surface area contributed by atoms with Gasteiger partial charge in [-0.3, -0.25) is 10.1 Å². The number of nitrogens with zero attached hydrogens (tertiary/aromatic N) is 3. The van der Waals surface area contributed by atoms with Crippen LogP contribution in [0.5, 0.6) is 0 Å². The van der Waals surface area contributed by atoms with Crippen LogP contribution in [0.1, 0.15) is 0 Å². The summed E-state index contributed by atoms with van der Waals surface area (Å²) in [6, 6.07) is 6.46. The Bertz CT molecular complexity index is 805. The summed E-state index contributed by atoms with van der Waals surface area (Å²) in [5.41, 5.74) is 1.20. The van der Waals surface area contributed by atoms with Crippen molar-refractivity contribution in [3.8, 4) is 0 Å². The summed E-state index contributed by atoms with van der Waals surface area (Å²) in [6.45, 7) is 0. The summed E-state index contributed by atoms with van der Waals surface area (Å²) < 4.78 is 1.73. The number of thiophene rings is 1. The van der Waals surface area contributed by atoms with E-state index in [1.54, 1.807) is 18.2 Å². The van der Waals surface area contributed by atoms with E-state index in [4.69, 9.17) is 0 Å². The number of anilines is 2. The molecule has 3 rings (SSSR count). The summed E-state index contributed by atoms with van der Waals surface area (Å²) in [5, 5.41) is 15.9. The van der Waals surface area contributed by atoms with Crippen molar-refractivity contribution in [2.24, 2.45) is 0 Å². The van der Waals surface area contributed by atoms with Gasteiger partial charge in [-0.25, -0.2) is 9.97 Å². The van der Waals surface area contributed by atoms with Gasteiger partial charge in [0, 0.05) is 11.4 Å². The molecule has 0 amide bonds. The fourth-order valence-corrected chi connectivity index (χ4v) is 3.31. The Labute approximate surface area is 125 Å². The van der Waals surface area contributed by atoms with E-state index in [0.717, 1.165) is 14.7 Å². The number of benzene rings is 1. The zero-order valence-electron chi connectivity index (χ0n) is 9.91. The molecular formula is C12H7BrN4O2S. The number of para-hydroxylation sites is 2. The van der Waals surface area contributed by atoms with Crippen LogP contribution in [0.2, 0.25) is 0 Å². The molecule has 0 fully saturated rings. The van der Waals surface area contributed by atoms with E-state index in [-0.39, 0.29) is 5.69 Å².